The van der Waals surface area contributed by atoms with E-state index < -0.39 is 66.4 Å². The lowest BCUT2D eigenvalue weighted by atomic mass is 10.0. The summed E-state index contributed by atoms with van der Waals surface area (Å²) >= 11 is 6.24. The molecular weight excluding hydrogens is 545 g/mol. The third-order valence-electron chi connectivity index (χ3n) is 5.26. The smallest absolute Gasteiger partial charge is 0.416 e. The quantitative estimate of drug-likeness (QED) is 0.183. The van der Waals surface area contributed by atoms with E-state index in [9.17, 15) is 40.3 Å². The summed E-state index contributed by atoms with van der Waals surface area (Å²) in [6, 6.07) is 7.69. The van der Waals surface area contributed by atoms with Crippen LogP contribution >= 0.6 is 11.6 Å². The number of halogens is 8. The number of carbonyl (C=O) groups is 2. The predicted octanol–water partition coefficient (Wildman–Crippen LogP) is 6.67. The first-order valence-electron chi connectivity index (χ1n) is 10.7. The topological polar surface area (TPSA) is 59.5 Å². The minimum atomic E-state index is -5.10. The number of ether oxygens (including phenoxy) is 1. The van der Waals surface area contributed by atoms with Gasteiger partial charge in [0.05, 0.1) is 11.1 Å². The molecular formula is C25H18ClF7N2O3. The molecule has 0 fully saturated rings. The standard InChI is InChI=1S/C25H18ClF7N2O3/c1-14(36)38-13-22(37)35(11-15-7-17(24(28,29)30)10-18(8-15)25(31,32)33)12-21-20(5-6-34-23(21)26)16-3-2-4-19(27)9-16/h2-10H,11-13H2,1H3. The van der Waals surface area contributed by atoms with E-state index in [2.05, 4.69) is 9.72 Å². The van der Waals surface area contributed by atoms with Crippen LogP contribution in [0.5, 0.6) is 0 Å². The van der Waals surface area contributed by atoms with Crippen molar-refractivity contribution in [2.24, 2.45) is 0 Å². The van der Waals surface area contributed by atoms with Gasteiger partial charge in [-0.3, -0.25) is 9.59 Å². The number of hydrogen-bond donors (Lipinski definition) is 0. The second-order valence-corrected chi connectivity index (χ2v) is 8.44. The first-order chi connectivity index (χ1) is 17.6. The van der Waals surface area contributed by atoms with Crippen LogP contribution in [-0.2, 0) is 39.8 Å². The van der Waals surface area contributed by atoms with Gasteiger partial charge in [0.15, 0.2) is 6.61 Å². The van der Waals surface area contributed by atoms with Gasteiger partial charge in [0.25, 0.3) is 5.91 Å². The number of nitrogens with zero attached hydrogens (tertiary/aromatic N) is 2. The number of alkyl halides is 6. The Bertz CT molecular complexity index is 1310. The van der Waals surface area contributed by atoms with Crippen LogP contribution in [0.3, 0.4) is 0 Å². The normalized spacial score (nSPS) is 11.8. The number of esters is 1. The highest BCUT2D eigenvalue weighted by Gasteiger charge is 2.37. The number of pyridine rings is 1. The van der Waals surface area contributed by atoms with Crippen molar-refractivity contribution >= 4 is 23.5 Å². The second kappa shape index (κ2) is 11.4. The number of aromatic nitrogens is 1. The molecule has 202 valence electrons. The highest BCUT2D eigenvalue weighted by Crippen LogP contribution is 2.37. The van der Waals surface area contributed by atoms with Gasteiger partial charge in [-0.15, -0.1) is 0 Å². The van der Waals surface area contributed by atoms with E-state index in [-0.39, 0.29) is 16.8 Å². The van der Waals surface area contributed by atoms with Crippen molar-refractivity contribution < 1.29 is 45.1 Å². The Morgan fingerprint density at radius 1 is 0.947 bits per heavy atom. The van der Waals surface area contributed by atoms with E-state index in [1.165, 1.54) is 36.5 Å². The third-order valence-corrected chi connectivity index (χ3v) is 5.59. The Kier molecular flexibility index (Phi) is 8.65. The van der Waals surface area contributed by atoms with Crippen molar-refractivity contribution in [1.82, 2.24) is 9.88 Å². The molecule has 0 aliphatic carbocycles. The van der Waals surface area contributed by atoms with E-state index >= 15 is 0 Å². The van der Waals surface area contributed by atoms with Crippen LogP contribution in [0.2, 0.25) is 5.15 Å². The SMILES string of the molecule is CC(=O)OCC(=O)N(Cc1cc(C(F)(F)F)cc(C(F)(F)F)c1)Cc1c(-c2cccc(F)c2)ccnc1Cl. The zero-order valence-corrected chi connectivity index (χ0v) is 20.2. The Hall–Kier alpha value is -3.67. The molecule has 0 aliphatic heterocycles. The summed E-state index contributed by atoms with van der Waals surface area (Å²) < 4.78 is 98.7. The van der Waals surface area contributed by atoms with Crippen molar-refractivity contribution in [3.05, 3.63) is 88.0 Å². The molecule has 3 rings (SSSR count). The van der Waals surface area contributed by atoms with Crippen molar-refractivity contribution in [3.8, 4) is 11.1 Å². The Morgan fingerprint density at radius 3 is 2.13 bits per heavy atom. The lowest BCUT2D eigenvalue weighted by Crippen LogP contribution is -2.34. The molecule has 2 aromatic carbocycles. The number of rotatable bonds is 7. The summed E-state index contributed by atoms with van der Waals surface area (Å²) in [5, 5.41) is -0.142. The summed E-state index contributed by atoms with van der Waals surface area (Å²) in [6.45, 7) is -1.02. The van der Waals surface area contributed by atoms with Gasteiger partial charge in [-0.2, -0.15) is 26.3 Å². The highest BCUT2D eigenvalue weighted by molar-refractivity contribution is 6.30. The van der Waals surface area contributed by atoms with Gasteiger partial charge in [-0.25, -0.2) is 9.37 Å². The van der Waals surface area contributed by atoms with Gasteiger partial charge >= 0.3 is 18.3 Å². The average molecular weight is 563 g/mol. The van der Waals surface area contributed by atoms with E-state index in [4.69, 9.17) is 11.6 Å². The highest BCUT2D eigenvalue weighted by atomic mass is 35.5. The summed E-state index contributed by atoms with van der Waals surface area (Å²) in [4.78, 5) is 28.9. The molecule has 0 saturated carbocycles. The van der Waals surface area contributed by atoms with Gasteiger partial charge in [-0.1, -0.05) is 23.7 Å². The molecule has 1 amide bonds. The maximum Gasteiger partial charge on any atom is 0.416 e. The lowest BCUT2D eigenvalue weighted by Gasteiger charge is -2.25. The molecule has 0 spiro atoms. The van der Waals surface area contributed by atoms with Gasteiger partial charge in [0, 0.05) is 31.8 Å². The summed E-state index contributed by atoms with van der Waals surface area (Å²) in [5.41, 5.74) is -2.83. The average Bonchev–Trinajstić information content (AvgIpc) is 2.82. The first kappa shape index (κ1) is 28.9. The maximum absolute atomic E-state index is 13.9. The Balaban J connectivity index is 2.08. The van der Waals surface area contributed by atoms with Crippen LogP contribution in [-0.4, -0.2) is 28.4 Å². The van der Waals surface area contributed by atoms with Crippen molar-refractivity contribution in [1.29, 1.82) is 0 Å². The van der Waals surface area contributed by atoms with Crippen LogP contribution in [0, 0.1) is 5.82 Å². The molecule has 0 radical (unpaired) electrons. The van der Waals surface area contributed by atoms with Gasteiger partial charge < -0.3 is 9.64 Å². The zero-order valence-electron chi connectivity index (χ0n) is 19.5. The Morgan fingerprint density at radius 2 is 1.58 bits per heavy atom. The van der Waals surface area contributed by atoms with Crippen molar-refractivity contribution in [3.63, 3.8) is 0 Å². The van der Waals surface area contributed by atoms with E-state index in [1.807, 2.05) is 0 Å². The fraction of sp³-hybridized carbons (Fsp3) is 0.240. The third kappa shape index (κ3) is 7.44. The van der Waals surface area contributed by atoms with E-state index in [1.54, 1.807) is 0 Å². The fourth-order valence-corrected chi connectivity index (χ4v) is 3.77. The largest absolute Gasteiger partial charge is 0.456 e. The van der Waals surface area contributed by atoms with Crippen molar-refractivity contribution in [2.45, 2.75) is 32.4 Å². The van der Waals surface area contributed by atoms with E-state index in [0.29, 0.717) is 23.3 Å². The summed E-state index contributed by atoms with van der Waals surface area (Å²) in [5.74, 6) is -2.36. The minimum Gasteiger partial charge on any atom is -0.456 e. The van der Waals surface area contributed by atoms with Gasteiger partial charge in [0.1, 0.15) is 11.0 Å². The molecule has 0 bridgehead atoms. The summed E-state index contributed by atoms with van der Waals surface area (Å²) in [7, 11) is 0. The van der Waals surface area contributed by atoms with Crippen molar-refractivity contribution in [2.75, 3.05) is 6.61 Å². The molecule has 0 aliphatic rings. The monoisotopic (exact) mass is 562 g/mol. The number of carbonyl (C=O) groups excluding carboxylic acids is 2. The van der Waals surface area contributed by atoms with Crippen LogP contribution in [0.15, 0.2) is 54.7 Å². The Labute approximate surface area is 216 Å². The molecule has 5 nitrogen and oxygen atoms in total. The molecule has 13 heteroatoms. The molecule has 0 unspecified atom stereocenters. The molecule has 0 saturated heterocycles. The number of amides is 1. The lowest BCUT2D eigenvalue weighted by molar-refractivity contribution is -0.150. The van der Waals surface area contributed by atoms with Gasteiger partial charge in [0.2, 0.25) is 0 Å². The second-order valence-electron chi connectivity index (χ2n) is 8.08. The van der Waals surface area contributed by atoms with Crippen LogP contribution in [0.4, 0.5) is 30.7 Å². The number of benzene rings is 2. The summed E-state index contributed by atoms with van der Waals surface area (Å²) in [6.07, 6.45) is -8.89. The van der Waals surface area contributed by atoms with E-state index in [0.717, 1.165) is 11.8 Å². The van der Waals surface area contributed by atoms with Crippen LogP contribution in [0.25, 0.3) is 11.1 Å². The maximum atomic E-state index is 13.9. The zero-order chi connectivity index (χ0) is 28.3. The fourth-order valence-electron chi connectivity index (χ4n) is 3.55. The molecule has 1 heterocycles. The first-order valence-corrected chi connectivity index (χ1v) is 11.1. The minimum absolute atomic E-state index is 0.0332. The van der Waals surface area contributed by atoms with Gasteiger partial charge in [-0.05, 0) is 53.1 Å². The molecule has 3 aromatic rings. The van der Waals surface area contributed by atoms with Crippen LogP contribution in [0.1, 0.15) is 29.2 Å². The molecule has 1 aromatic heterocycles. The molecule has 38 heavy (non-hydrogen) atoms. The molecule has 0 atom stereocenters. The molecule has 0 N–H and O–H groups in total. The van der Waals surface area contributed by atoms with Crippen LogP contribution < -0.4 is 0 Å². The number of hydrogen-bond acceptors (Lipinski definition) is 4. The predicted molar refractivity (Wildman–Crippen MR) is 122 cm³/mol.